The Balaban J connectivity index is 2.55. The zero-order valence-electron chi connectivity index (χ0n) is 10.8. The Morgan fingerprint density at radius 2 is 1.58 bits per heavy atom. The van der Waals surface area contributed by atoms with E-state index >= 15 is 0 Å². The smallest absolute Gasteiger partial charge is 0.401 e. The maximum Gasteiger partial charge on any atom is 0.401 e. The van der Waals surface area contributed by atoms with Gasteiger partial charge in [-0.2, -0.15) is 13.2 Å². The lowest BCUT2D eigenvalue weighted by Crippen LogP contribution is -2.54. The first kappa shape index (κ1) is 15.7. The van der Waals surface area contributed by atoms with E-state index in [1.54, 1.807) is 0 Å². The molecule has 0 saturated carbocycles. The number of nitrogens with zero attached hydrogens (tertiary/aromatic N) is 2. The summed E-state index contributed by atoms with van der Waals surface area (Å²) in [7, 11) is 0. The van der Waals surface area contributed by atoms with Gasteiger partial charge in [0, 0.05) is 26.2 Å². The second-order valence-corrected chi connectivity index (χ2v) is 5.11. The van der Waals surface area contributed by atoms with Crippen molar-refractivity contribution in [3.05, 3.63) is 0 Å². The number of hydrogen-bond donors (Lipinski definition) is 1. The van der Waals surface area contributed by atoms with Crippen LogP contribution in [0.1, 0.15) is 13.8 Å². The second kappa shape index (κ2) is 5.36. The van der Waals surface area contributed by atoms with Crippen LogP contribution >= 0.6 is 0 Å². The van der Waals surface area contributed by atoms with Crippen LogP contribution in [0.25, 0.3) is 0 Å². The van der Waals surface area contributed by atoms with E-state index in [1.807, 2.05) is 0 Å². The molecule has 19 heavy (non-hydrogen) atoms. The number of carbonyl (C=O) groups excluding carboxylic acids is 1. The molecule has 1 rings (SSSR count). The Morgan fingerprint density at radius 3 is 1.95 bits per heavy atom. The average Bonchev–Trinajstić information content (AvgIpc) is 2.26. The summed E-state index contributed by atoms with van der Waals surface area (Å²) in [6.45, 7) is 2.01. The molecule has 110 valence electrons. The zero-order chi connectivity index (χ0) is 14.8. The third kappa shape index (κ3) is 4.09. The van der Waals surface area contributed by atoms with Gasteiger partial charge in [-0.05, 0) is 13.8 Å². The Labute approximate surface area is 109 Å². The van der Waals surface area contributed by atoms with Gasteiger partial charge in [-0.1, -0.05) is 0 Å². The lowest BCUT2D eigenvalue weighted by Gasteiger charge is -2.37. The number of amides is 1. The molecule has 0 aromatic heterocycles. The van der Waals surface area contributed by atoms with Crippen molar-refractivity contribution in [1.82, 2.24) is 9.80 Å². The fourth-order valence-electron chi connectivity index (χ4n) is 1.85. The summed E-state index contributed by atoms with van der Waals surface area (Å²) in [5.74, 6) is -1.80. The minimum absolute atomic E-state index is 0.0982. The normalized spacial score (nSPS) is 18.5. The first-order valence-electron chi connectivity index (χ1n) is 5.86. The molecule has 1 heterocycles. The van der Waals surface area contributed by atoms with Crippen LogP contribution in [-0.2, 0) is 9.59 Å². The minimum atomic E-state index is -4.26. The SMILES string of the molecule is CC(C)(C(=O)O)C(=O)N1CCN(CC(F)(F)F)CC1. The maximum absolute atomic E-state index is 12.2. The highest BCUT2D eigenvalue weighted by molar-refractivity contribution is 6.01. The third-order valence-electron chi connectivity index (χ3n) is 3.13. The molecule has 0 bridgehead atoms. The molecule has 0 aromatic rings. The Bertz CT molecular complexity index is 361. The zero-order valence-corrected chi connectivity index (χ0v) is 10.8. The number of carboxylic acids is 1. The summed E-state index contributed by atoms with van der Waals surface area (Å²) in [4.78, 5) is 25.4. The Hall–Kier alpha value is -1.31. The molecule has 1 fully saturated rings. The van der Waals surface area contributed by atoms with Crippen LogP contribution in [0.15, 0.2) is 0 Å². The highest BCUT2D eigenvalue weighted by Crippen LogP contribution is 2.22. The predicted molar refractivity (Wildman–Crippen MR) is 60.5 cm³/mol. The van der Waals surface area contributed by atoms with Crippen LogP contribution in [-0.4, -0.2) is 65.7 Å². The number of aliphatic carboxylic acids is 1. The minimum Gasteiger partial charge on any atom is -0.480 e. The fourth-order valence-corrected chi connectivity index (χ4v) is 1.85. The summed E-state index contributed by atoms with van der Waals surface area (Å²) in [5.41, 5.74) is -1.55. The summed E-state index contributed by atoms with van der Waals surface area (Å²) in [5, 5.41) is 8.94. The van der Waals surface area contributed by atoms with Gasteiger partial charge in [0.05, 0.1) is 6.54 Å². The van der Waals surface area contributed by atoms with Crippen molar-refractivity contribution in [3.63, 3.8) is 0 Å². The number of rotatable bonds is 3. The lowest BCUT2D eigenvalue weighted by atomic mass is 9.91. The molecule has 1 N–H and O–H groups in total. The lowest BCUT2D eigenvalue weighted by molar-refractivity contribution is -0.161. The van der Waals surface area contributed by atoms with E-state index < -0.39 is 30.0 Å². The number of halogens is 3. The van der Waals surface area contributed by atoms with Crippen molar-refractivity contribution < 1.29 is 27.9 Å². The fraction of sp³-hybridized carbons (Fsp3) is 0.818. The Morgan fingerprint density at radius 1 is 1.11 bits per heavy atom. The molecule has 5 nitrogen and oxygen atoms in total. The quantitative estimate of drug-likeness (QED) is 0.778. The van der Waals surface area contributed by atoms with Crippen LogP contribution in [0, 0.1) is 5.41 Å². The number of carboxylic acid groups (broad SMARTS) is 1. The summed E-state index contributed by atoms with van der Waals surface area (Å²) in [6.07, 6.45) is -4.26. The molecule has 8 heteroatoms. The van der Waals surface area contributed by atoms with Crippen molar-refractivity contribution in [2.45, 2.75) is 20.0 Å². The van der Waals surface area contributed by atoms with E-state index in [4.69, 9.17) is 5.11 Å². The van der Waals surface area contributed by atoms with Gasteiger partial charge >= 0.3 is 12.1 Å². The van der Waals surface area contributed by atoms with Gasteiger partial charge < -0.3 is 10.0 Å². The highest BCUT2D eigenvalue weighted by Gasteiger charge is 2.41. The van der Waals surface area contributed by atoms with Gasteiger partial charge in [-0.25, -0.2) is 0 Å². The number of piperazine rings is 1. The van der Waals surface area contributed by atoms with Crippen molar-refractivity contribution in [2.75, 3.05) is 32.7 Å². The molecule has 1 amide bonds. The number of hydrogen-bond acceptors (Lipinski definition) is 3. The standard InChI is InChI=1S/C11H17F3N2O3/c1-10(2,9(18)19)8(17)16-5-3-15(4-6-16)7-11(12,13)14/h3-7H2,1-2H3,(H,18,19). The molecule has 0 spiro atoms. The van der Waals surface area contributed by atoms with E-state index in [-0.39, 0.29) is 26.2 Å². The van der Waals surface area contributed by atoms with Gasteiger partial charge in [0.15, 0.2) is 0 Å². The summed E-state index contributed by atoms with van der Waals surface area (Å²) in [6, 6.07) is 0. The molecule has 1 aliphatic rings. The molecule has 0 aromatic carbocycles. The number of alkyl halides is 3. The molecule has 1 saturated heterocycles. The van der Waals surface area contributed by atoms with Crippen molar-refractivity contribution in [2.24, 2.45) is 5.41 Å². The third-order valence-corrected chi connectivity index (χ3v) is 3.13. The molecule has 0 aliphatic carbocycles. The Kier molecular flexibility index (Phi) is 4.44. The number of carbonyl (C=O) groups is 2. The van der Waals surface area contributed by atoms with E-state index in [0.717, 1.165) is 0 Å². The van der Waals surface area contributed by atoms with Crippen molar-refractivity contribution in [3.8, 4) is 0 Å². The molecule has 0 atom stereocenters. The predicted octanol–water partition coefficient (Wildman–Crippen LogP) is 0.804. The van der Waals surface area contributed by atoms with Crippen LogP contribution < -0.4 is 0 Å². The molecular weight excluding hydrogens is 265 g/mol. The monoisotopic (exact) mass is 282 g/mol. The van der Waals surface area contributed by atoms with Crippen LogP contribution in [0.3, 0.4) is 0 Å². The summed E-state index contributed by atoms with van der Waals surface area (Å²) < 4.78 is 36.6. The highest BCUT2D eigenvalue weighted by atomic mass is 19.4. The largest absolute Gasteiger partial charge is 0.480 e. The van der Waals surface area contributed by atoms with E-state index in [0.29, 0.717) is 0 Å². The first-order chi connectivity index (χ1) is 8.54. The average molecular weight is 282 g/mol. The van der Waals surface area contributed by atoms with E-state index in [9.17, 15) is 22.8 Å². The summed E-state index contributed by atoms with van der Waals surface area (Å²) >= 11 is 0. The van der Waals surface area contributed by atoms with Gasteiger partial charge in [0.2, 0.25) is 5.91 Å². The first-order valence-corrected chi connectivity index (χ1v) is 5.86. The molecule has 0 radical (unpaired) electrons. The van der Waals surface area contributed by atoms with Crippen LogP contribution in [0.2, 0.25) is 0 Å². The van der Waals surface area contributed by atoms with Crippen molar-refractivity contribution in [1.29, 1.82) is 0 Å². The van der Waals surface area contributed by atoms with Gasteiger partial charge in [-0.15, -0.1) is 0 Å². The molecule has 0 unspecified atom stereocenters. The second-order valence-electron chi connectivity index (χ2n) is 5.11. The van der Waals surface area contributed by atoms with Crippen molar-refractivity contribution >= 4 is 11.9 Å². The van der Waals surface area contributed by atoms with Crippen LogP contribution in [0.4, 0.5) is 13.2 Å². The van der Waals surface area contributed by atoms with Gasteiger partial charge in [0.25, 0.3) is 0 Å². The topological polar surface area (TPSA) is 60.9 Å². The molecular formula is C11H17F3N2O3. The maximum atomic E-state index is 12.2. The van der Waals surface area contributed by atoms with Crippen LogP contribution in [0.5, 0.6) is 0 Å². The van der Waals surface area contributed by atoms with E-state index in [1.165, 1.54) is 23.6 Å². The van der Waals surface area contributed by atoms with Gasteiger partial charge in [-0.3, -0.25) is 14.5 Å². The molecule has 1 aliphatic heterocycles. The van der Waals surface area contributed by atoms with E-state index in [2.05, 4.69) is 0 Å². The van der Waals surface area contributed by atoms with Gasteiger partial charge in [0.1, 0.15) is 5.41 Å².